The number of rotatable bonds is 5. The molecule has 0 unspecified atom stereocenters. The molecule has 4 aromatic carbocycles. The maximum Gasteiger partial charge on any atom is 0.344 e. The molecule has 0 saturated carbocycles. The molecule has 0 saturated heterocycles. The molecule has 0 aliphatic heterocycles. The Bertz CT molecular complexity index is 1550. The van der Waals surface area contributed by atoms with Crippen molar-refractivity contribution in [1.29, 1.82) is 0 Å². The number of hydrazone groups is 1. The van der Waals surface area contributed by atoms with Gasteiger partial charge in [0.2, 0.25) is 0 Å². The molecule has 34 heavy (non-hydrogen) atoms. The predicted molar refractivity (Wildman–Crippen MR) is 137 cm³/mol. The van der Waals surface area contributed by atoms with Crippen molar-refractivity contribution in [2.24, 2.45) is 5.10 Å². The average Bonchev–Trinajstić information content (AvgIpc) is 3.21. The number of amides is 1. The smallest absolute Gasteiger partial charge is 0.344 e. The molecular formula is C27H17ClN2O3S. The Kier molecular flexibility index (Phi) is 6.08. The first-order valence-corrected chi connectivity index (χ1v) is 11.6. The number of thiophene rings is 1. The second-order valence-corrected chi connectivity index (χ2v) is 8.86. The number of ether oxygens (including phenoxy) is 1. The minimum absolute atomic E-state index is 0.372. The fourth-order valence-electron chi connectivity index (χ4n) is 3.56. The first-order chi connectivity index (χ1) is 16.6. The SMILES string of the molecule is O=C(NN=Cc1ccc(OC(=O)c2cccc3ccccc23)cc1)c1sc2ccccc2c1Cl. The molecule has 5 aromatic rings. The Morgan fingerprint density at radius 2 is 1.56 bits per heavy atom. The van der Waals surface area contributed by atoms with Gasteiger partial charge in [0.1, 0.15) is 10.6 Å². The lowest BCUT2D eigenvalue weighted by molar-refractivity contribution is 0.0736. The maximum absolute atomic E-state index is 12.7. The summed E-state index contributed by atoms with van der Waals surface area (Å²) < 4.78 is 6.48. The van der Waals surface area contributed by atoms with E-state index in [1.54, 1.807) is 30.3 Å². The molecule has 1 aromatic heterocycles. The molecule has 0 aliphatic carbocycles. The van der Waals surface area contributed by atoms with Gasteiger partial charge in [-0.25, -0.2) is 10.2 Å². The molecule has 7 heteroatoms. The van der Waals surface area contributed by atoms with Gasteiger partial charge in [0.15, 0.2) is 0 Å². The largest absolute Gasteiger partial charge is 0.423 e. The summed E-state index contributed by atoms with van der Waals surface area (Å²) in [4.78, 5) is 25.6. The molecule has 1 heterocycles. The second-order valence-electron chi connectivity index (χ2n) is 7.43. The molecule has 0 spiro atoms. The van der Waals surface area contributed by atoms with Gasteiger partial charge >= 0.3 is 5.97 Å². The number of halogens is 1. The first-order valence-electron chi connectivity index (χ1n) is 10.4. The maximum atomic E-state index is 12.7. The number of nitrogens with one attached hydrogen (secondary N) is 1. The van der Waals surface area contributed by atoms with Gasteiger partial charge in [-0.3, -0.25) is 4.79 Å². The van der Waals surface area contributed by atoms with E-state index in [1.165, 1.54) is 17.6 Å². The van der Waals surface area contributed by atoms with Crippen molar-refractivity contribution in [3.05, 3.63) is 112 Å². The van der Waals surface area contributed by atoms with Crippen LogP contribution in [0.3, 0.4) is 0 Å². The van der Waals surface area contributed by atoms with Crippen molar-refractivity contribution >= 4 is 61.9 Å². The third-order valence-corrected chi connectivity index (χ3v) is 6.90. The number of fused-ring (bicyclic) bond motifs is 2. The number of hydrogen-bond acceptors (Lipinski definition) is 5. The highest BCUT2D eigenvalue weighted by Crippen LogP contribution is 2.35. The van der Waals surface area contributed by atoms with Crippen LogP contribution in [0.2, 0.25) is 5.02 Å². The standard InChI is InChI=1S/C27H17ClN2O3S/c28-24-22-9-3-4-11-23(22)34-25(24)26(31)30-29-16-17-12-14-19(15-13-17)33-27(32)21-10-5-7-18-6-1-2-8-20(18)21/h1-16H,(H,30,31). The van der Waals surface area contributed by atoms with E-state index in [9.17, 15) is 9.59 Å². The molecule has 1 amide bonds. The Hall–Kier alpha value is -4.00. The molecule has 0 fully saturated rings. The van der Waals surface area contributed by atoms with Gasteiger partial charge in [-0.1, -0.05) is 66.2 Å². The van der Waals surface area contributed by atoms with Crippen LogP contribution in [-0.4, -0.2) is 18.1 Å². The quantitative estimate of drug-likeness (QED) is 0.131. The van der Waals surface area contributed by atoms with E-state index < -0.39 is 5.97 Å². The fraction of sp³-hybridized carbons (Fsp3) is 0. The third kappa shape index (κ3) is 4.41. The highest BCUT2D eigenvalue weighted by atomic mass is 35.5. The number of carbonyl (C=O) groups is 2. The van der Waals surface area contributed by atoms with Gasteiger partial charge in [0.25, 0.3) is 5.91 Å². The lowest BCUT2D eigenvalue weighted by atomic mass is 10.0. The normalized spacial score (nSPS) is 11.2. The van der Waals surface area contributed by atoms with Crippen LogP contribution in [0, 0.1) is 0 Å². The zero-order chi connectivity index (χ0) is 23.5. The van der Waals surface area contributed by atoms with Crippen LogP contribution >= 0.6 is 22.9 Å². The molecule has 5 nitrogen and oxygen atoms in total. The number of hydrogen-bond donors (Lipinski definition) is 1. The van der Waals surface area contributed by atoms with Crippen molar-refractivity contribution in [1.82, 2.24) is 5.43 Å². The summed E-state index contributed by atoms with van der Waals surface area (Å²) in [6.45, 7) is 0. The minimum atomic E-state index is -0.425. The minimum Gasteiger partial charge on any atom is -0.423 e. The number of benzene rings is 4. The third-order valence-electron chi connectivity index (χ3n) is 5.22. The van der Waals surface area contributed by atoms with Gasteiger partial charge in [0, 0.05) is 10.1 Å². The Morgan fingerprint density at radius 3 is 2.35 bits per heavy atom. The predicted octanol–water partition coefficient (Wildman–Crippen LogP) is 6.69. The molecule has 0 radical (unpaired) electrons. The molecule has 5 rings (SSSR count). The summed E-state index contributed by atoms with van der Waals surface area (Å²) in [5.74, 6) is -0.384. The van der Waals surface area contributed by atoms with Gasteiger partial charge in [-0.15, -0.1) is 11.3 Å². The monoisotopic (exact) mass is 484 g/mol. The van der Waals surface area contributed by atoms with Crippen LogP contribution in [-0.2, 0) is 0 Å². The second kappa shape index (κ2) is 9.47. The molecular weight excluding hydrogens is 468 g/mol. The molecule has 1 N–H and O–H groups in total. The van der Waals surface area contributed by atoms with Crippen molar-refractivity contribution in [3.63, 3.8) is 0 Å². The lowest BCUT2D eigenvalue weighted by Gasteiger charge is -2.07. The van der Waals surface area contributed by atoms with Gasteiger partial charge in [0.05, 0.1) is 16.8 Å². The molecule has 166 valence electrons. The van der Waals surface area contributed by atoms with Crippen molar-refractivity contribution in [2.75, 3.05) is 0 Å². The van der Waals surface area contributed by atoms with Crippen molar-refractivity contribution in [2.45, 2.75) is 0 Å². The summed E-state index contributed by atoms with van der Waals surface area (Å²) in [5, 5.41) is 7.10. The van der Waals surface area contributed by atoms with Crippen LogP contribution in [0.1, 0.15) is 25.6 Å². The van der Waals surface area contributed by atoms with Crippen LogP contribution in [0.25, 0.3) is 20.9 Å². The van der Waals surface area contributed by atoms with Crippen molar-refractivity contribution in [3.8, 4) is 5.75 Å². The van der Waals surface area contributed by atoms with Crippen molar-refractivity contribution < 1.29 is 14.3 Å². The Labute approximate surface area is 204 Å². The van der Waals surface area contributed by atoms with E-state index in [1.807, 2.05) is 60.7 Å². The van der Waals surface area contributed by atoms with E-state index in [2.05, 4.69) is 10.5 Å². The van der Waals surface area contributed by atoms with Crippen LogP contribution in [0.15, 0.2) is 96.1 Å². The molecule has 0 aliphatic rings. The van der Waals surface area contributed by atoms with E-state index in [0.717, 1.165) is 26.4 Å². The van der Waals surface area contributed by atoms with Crippen LogP contribution in [0.4, 0.5) is 0 Å². The van der Waals surface area contributed by atoms with E-state index in [4.69, 9.17) is 16.3 Å². The zero-order valence-electron chi connectivity index (χ0n) is 17.7. The van der Waals surface area contributed by atoms with Crippen LogP contribution in [0.5, 0.6) is 5.75 Å². The van der Waals surface area contributed by atoms with Gasteiger partial charge < -0.3 is 4.74 Å². The number of nitrogens with zero attached hydrogens (tertiary/aromatic N) is 1. The highest BCUT2D eigenvalue weighted by molar-refractivity contribution is 7.21. The molecule has 0 bridgehead atoms. The van der Waals surface area contributed by atoms with Gasteiger partial charge in [-0.05, 0) is 52.7 Å². The summed E-state index contributed by atoms with van der Waals surface area (Å²) in [7, 11) is 0. The van der Waals surface area contributed by atoms with E-state index in [-0.39, 0.29) is 5.91 Å². The summed E-state index contributed by atoms with van der Waals surface area (Å²) in [6.07, 6.45) is 1.51. The lowest BCUT2D eigenvalue weighted by Crippen LogP contribution is -2.16. The van der Waals surface area contributed by atoms with E-state index >= 15 is 0 Å². The first kappa shape index (κ1) is 21.8. The summed E-state index contributed by atoms with van der Waals surface area (Å²) >= 11 is 7.66. The Morgan fingerprint density at radius 1 is 0.853 bits per heavy atom. The highest BCUT2D eigenvalue weighted by Gasteiger charge is 2.16. The topological polar surface area (TPSA) is 67.8 Å². The van der Waals surface area contributed by atoms with Crippen LogP contribution < -0.4 is 10.2 Å². The fourth-order valence-corrected chi connectivity index (χ4v) is 4.97. The Balaban J connectivity index is 1.24. The molecule has 0 atom stereocenters. The zero-order valence-corrected chi connectivity index (χ0v) is 19.3. The summed E-state index contributed by atoms with van der Waals surface area (Å²) in [5.41, 5.74) is 3.74. The average molecular weight is 485 g/mol. The van der Waals surface area contributed by atoms with Gasteiger partial charge in [-0.2, -0.15) is 5.10 Å². The van der Waals surface area contributed by atoms with E-state index in [0.29, 0.717) is 21.2 Å². The number of carbonyl (C=O) groups excluding carboxylic acids is 2. The number of esters is 1. The summed E-state index contributed by atoms with van der Waals surface area (Å²) in [6, 6.07) is 27.6.